The maximum atomic E-state index is 12.6. The molecule has 1 saturated heterocycles. The molecule has 0 N–H and O–H groups in total. The molecule has 0 saturated carbocycles. The summed E-state index contributed by atoms with van der Waals surface area (Å²) in [6.45, 7) is 8.61. The number of hydrogen-bond acceptors (Lipinski definition) is 4. The van der Waals surface area contributed by atoms with Crippen LogP contribution in [0.1, 0.15) is 37.0 Å². The highest BCUT2D eigenvalue weighted by Gasteiger charge is 2.32. The summed E-state index contributed by atoms with van der Waals surface area (Å²) in [5.74, 6) is 0.0270. The van der Waals surface area contributed by atoms with Crippen LogP contribution in [0.4, 0.5) is 0 Å². The quantitative estimate of drug-likeness (QED) is 0.834. The van der Waals surface area contributed by atoms with E-state index < -0.39 is 5.54 Å². The highest BCUT2D eigenvalue weighted by atomic mass is 16.2. The van der Waals surface area contributed by atoms with Crippen LogP contribution in [0.25, 0.3) is 0 Å². The second-order valence-electron chi connectivity index (χ2n) is 5.95. The molecular formula is C15H23N5O. The number of aryl methyl sites for hydroxylation is 2. The first-order chi connectivity index (χ1) is 9.89. The van der Waals surface area contributed by atoms with Crippen LogP contribution in [-0.4, -0.2) is 57.2 Å². The number of nitrogens with zero attached hydrogens (tertiary/aromatic N) is 5. The van der Waals surface area contributed by atoms with Crippen molar-refractivity contribution in [3.63, 3.8) is 0 Å². The van der Waals surface area contributed by atoms with Gasteiger partial charge in [-0.15, -0.1) is 0 Å². The van der Waals surface area contributed by atoms with Crippen LogP contribution in [0.3, 0.4) is 0 Å². The average Bonchev–Trinajstić information content (AvgIpc) is 2.87. The number of rotatable bonds is 3. The second kappa shape index (κ2) is 5.86. The van der Waals surface area contributed by atoms with Gasteiger partial charge in [0, 0.05) is 33.2 Å². The SMILES string of the molecule is CCc1cc(C(=O)N2CCN(C(C)(C)C#N)CC2)n(C)n1. The van der Waals surface area contributed by atoms with Crippen molar-refractivity contribution in [1.29, 1.82) is 5.26 Å². The van der Waals surface area contributed by atoms with Gasteiger partial charge in [0.2, 0.25) is 0 Å². The predicted octanol–water partition coefficient (Wildman–Crippen LogP) is 1.04. The van der Waals surface area contributed by atoms with Gasteiger partial charge in [-0.3, -0.25) is 14.4 Å². The Bertz CT molecular complexity index is 561. The molecule has 1 aliphatic heterocycles. The normalized spacial score (nSPS) is 16.8. The number of piperazine rings is 1. The maximum absolute atomic E-state index is 12.6. The Morgan fingerprint density at radius 2 is 2.00 bits per heavy atom. The molecule has 0 atom stereocenters. The van der Waals surface area contributed by atoms with E-state index >= 15 is 0 Å². The van der Waals surface area contributed by atoms with Gasteiger partial charge in [-0.1, -0.05) is 6.92 Å². The average molecular weight is 289 g/mol. The van der Waals surface area contributed by atoms with Gasteiger partial charge in [0.25, 0.3) is 5.91 Å². The first-order valence-corrected chi connectivity index (χ1v) is 7.37. The van der Waals surface area contributed by atoms with E-state index in [1.54, 1.807) is 11.7 Å². The molecule has 1 aliphatic rings. The first-order valence-electron chi connectivity index (χ1n) is 7.37. The molecule has 0 radical (unpaired) electrons. The van der Waals surface area contributed by atoms with E-state index in [9.17, 15) is 10.1 Å². The van der Waals surface area contributed by atoms with Crippen LogP contribution in [0.15, 0.2) is 6.07 Å². The summed E-state index contributed by atoms with van der Waals surface area (Å²) in [6, 6.07) is 4.18. The summed E-state index contributed by atoms with van der Waals surface area (Å²) >= 11 is 0. The van der Waals surface area contributed by atoms with E-state index in [0.717, 1.165) is 25.2 Å². The lowest BCUT2D eigenvalue weighted by Crippen LogP contribution is -2.55. The lowest BCUT2D eigenvalue weighted by atomic mass is 10.0. The monoisotopic (exact) mass is 289 g/mol. The van der Waals surface area contributed by atoms with Crippen LogP contribution < -0.4 is 0 Å². The summed E-state index contributed by atoms with van der Waals surface area (Å²) in [5, 5.41) is 13.5. The highest BCUT2D eigenvalue weighted by molar-refractivity contribution is 5.92. The van der Waals surface area contributed by atoms with Gasteiger partial charge in [-0.25, -0.2) is 0 Å². The Morgan fingerprint density at radius 1 is 1.38 bits per heavy atom. The highest BCUT2D eigenvalue weighted by Crippen LogP contribution is 2.17. The minimum absolute atomic E-state index is 0.0270. The van der Waals surface area contributed by atoms with E-state index in [4.69, 9.17) is 0 Å². The third-order valence-corrected chi connectivity index (χ3v) is 4.14. The fraction of sp³-hybridized carbons (Fsp3) is 0.667. The molecule has 1 amide bonds. The molecular weight excluding hydrogens is 266 g/mol. The molecule has 2 heterocycles. The minimum atomic E-state index is -0.475. The van der Waals surface area contributed by atoms with Crippen LogP contribution in [0.2, 0.25) is 0 Å². The summed E-state index contributed by atoms with van der Waals surface area (Å²) in [4.78, 5) is 16.5. The van der Waals surface area contributed by atoms with E-state index in [2.05, 4.69) is 16.1 Å². The van der Waals surface area contributed by atoms with Gasteiger partial charge in [0.1, 0.15) is 11.2 Å². The Morgan fingerprint density at radius 3 is 2.48 bits per heavy atom. The fourth-order valence-electron chi connectivity index (χ4n) is 2.60. The molecule has 6 nitrogen and oxygen atoms in total. The molecule has 0 aromatic carbocycles. The summed E-state index contributed by atoms with van der Waals surface area (Å²) in [5.41, 5.74) is 1.10. The van der Waals surface area contributed by atoms with Gasteiger partial charge in [0.15, 0.2) is 0 Å². The molecule has 6 heteroatoms. The second-order valence-corrected chi connectivity index (χ2v) is 5.95. The molecule has 1 aromatic heterocycles. The lowest BCUT2D eigenvalue weighted by Gasteiger charge is -2.40. The topological polar surface area (TPSA) is 65.2 Å². The molecule has 1 aromatic rings. The van der Waals surface area contributed by atoms with Crippen molar-refractivity contribution in [2.45, 2.75) is 32.7 Å². The molecule has 0 spiro atoms. The number of carbonyl (C=O) groups is 1. The Hall–Kier alpha value is -1.87. The van der Waals surface area contributed by atoms with Gasteiger partial charge >= 0.3 is 0 Å². The van der Waals surface area contributed by atoms with Gasteiger partial charge in [0.05, 0.1) is 11.8 Å². The summed E-state index contributed by atoms with van der Waals surface area (Å²) in [6.07, 6.45) is 0.825. The van der Waals surface area contributed by atoms with Crippen molar-refractivity contribution >= 4 is 5.91 Å². The molecule has 0 bridgehead atoms. The third-order valence-electron chi connectivity index (χ3n) is 4.14. The van der Waals surface area contributed by atoms with Crippen LogP contribution in [0, 0.1) is 11.3 Å². The molecule has 1 fully saturated rings. The van der Waals surface area contributed by atoms with Crippen LogP contribution in [0.5, 0.6) is 0 Å². The standard InChI is InChI=1S/C15H23N5O/c1-5-12-10-13(18(4)17-12)14(21)19-6-8-20(9-7-19)15(2,3)11-16/h10H,5-9H2,1-4H3. The number of nitriles is 1. The number of hydrogen-bond donors (Lipinski definition) is 0. The van der Waals surface area contributed by atoms with Gasteiger partial charge in [-0.05, 0) is 26.3 Å². The largest absolute Gasteiger partial charge is 0.335 e. The van der Waals surface area contributed by atoms with E-state index in [1.807, 2.05) is 31.7 Å². The molecule has 21 heavy (non-hydrogen) atoms. The number of amides is 1. The van der Waals surface area contributed by atoms with Crippen molar-refractivity contribution < 1.29 is 4.79 Å². The summed E-state index contributed by atoms with van der Waals surface area (Å²) < 4.78 is 1.66. The summed E-state index contributed by atoms with van der Waals surface area (Å²) in [7, 11) is 1.81. The van der Waals surface area contributed by atoms with Crippen molar-refractivity contribution in [2.24, 2.45) is 7.05 Å². The van der Waals surface area contributed by atoms with E-state index in [0.29, 0.717) is 18.8 Å². The maximum Gasteiger partial charge on any atom is 0.272 e. The van der Waals surface area contributed by atoms with Gasteiger partial charge in [-0.2, -0.15) is 10.4 Å². The van der Waals surface area contributed by atoms with Crippen LogP contribution in [-0.2, 0) is 13.5 Å². The molecule has 114 valence electrons. The zero-order valence-electron chi connectivity index (χ0n) is 13.3. The molecule has 0 unspecified atom stereocenters. The van der Waals surface area contributed by atoms with E-state index in [1.165, 1.54) is 0 Å². The third kappa shape index (κ3) is 3.08. The van der Waals surface area contributed by atoms with Crippen molar-refractivity contribution in [2.75, 3.05) is 26.2 Å². The Balaban J connectivity index is 2.04. The van der Waals surface area contributed by atoms with Gasteiger partial charge < -0.3 is 4.90 Å². The zero-order chi connectivity index (χ0) is 15.6. The first kappa shape index (κ1) is 15.5. The zero-order valence-corrected chi connectivity index (χ0v) is 13.3. The molecule has 2 rings (SSSR count). The van der Waals surface area contributed by atoms with Crippen molar-refractivity contribution in [3.05, 3.63) is 17.5 Å². The smallest absolute Gasteiger partial charge is 0.272 e. The number of carbonyl (C=O) groups excluding carboxylic acids is 1. The van der Waals surface area contributed by atoms with Crippen molar-refractivity contribution in [3.8, 4) is 6.07 Å². The Kier molecular flexibility index (Phi) is 4.33. The fourth-order valence-corrected chi connectivity index (χ4v) is 2.60. The minimum Gasteiger partial charge on any atom is -0.335 e. The number of aromatic nitrogens is 2. The van der Waals surface area contributed by atoms with Crippen molar-refractivity contribution in [1.82, 2.24) is 19.6 Å². The van der Waals surface area contributed by atoms with E-state index in [-0.39, 0.29) is 5.91 Å². The molecule has 0 aliphatic carbocycles. The predicted molar refractivity (Wildman–Crippen MR) is 79.8 cm³/mol. The lowest BCUT2D eigenvalue weighted by molar-refractivity contribution is 0.0511. The van der Waals surface area contributed by atoms with Crippen LogP contribution >= 0.6 is 0 Å². The Labute approximate surface area is 125 Å².